The molecule has 0 unspecified atom stereocenters. The highest BCUT2D eigenvalue weighted by Crippen LogP contribution is 2.34. The predicted molar refractivity (Wildman–Crippen MR) is 176 cm³/mol. The highest BCUT2D eigenvalue weighted by molar-refractivity contribution is 6.00. The van der Waals surface area contributed by atoms with Crippen LogP contribution in [0.25, 0.3) is 68.6 Å². The lowest BCUT2D eigenvalue weighted by Crippen LogP contribution is -1.92. The van der Waals surface area contributed by atoms with Gasteiger partial charge in [0.1, 0.15) is 6.61 Å². The van der Waals surface area contributed by atoms with E-state index in [9.17, 15) is 14.4 Å². The minimum atomic E-state index is 0.162. The van der Waals surface area contributed by atoms with Crippen molar-refractivity contribution < 1.29 is 19.1 Å². The number of rotatable bonds is 7. The molecule has 3 aromatic heterocycles. The number of nitrogens with zero attached hydrogens (tertiary/aromatic N) is 2. The quantitative estimate of drug-likeness (QED) is 0.185. The van der Waals surface area contributed by atoms with Gasteiger partial charge in [-0.2, -0.15) is 0 Å². The number of ether oxygens (including phenoxy) is 1. The largest absolute Gasteiger partial charge is 0.463 e. The Kier molecular flexibility index (Phi) is 7.07. The van der Waals surface area contributed by atoms with Crippen molar-refractivity contribution in [3.8, 4) is 22.3 Å². The summed E-state index contributed by atoms with van der Waals surface area (Å²) in [6.07, 6.45) is 9.07. The van der Waals surface area contributed by atoms with E-state index >= 15 is 0 Å². The number of hydrogen-bond acceptors (Lipinski definition) is 6. The Morgan fingerprint density at radius 3 is 1.49 bits per heavy atom. The Balaban J connectivity index is 1.58. The minimum Gasteiger partial charge on any atom is -0.463 e. The van der Waals surface area contributed by atoms with Crippen LogP contribution in [0.2, 0.25) is 0 Å². The van der Waals surface area contributed by atoms with E-state index in [1.807, 2.05) is 104 Å². The Morgan fingerprint density at radius 2 is 1.02 bits per heavy atom. The second-order valence-corrected chi connectivity index (χ2v) is 10.8. The van der Waals surface area contributed by atoms with Crippen LogP contribution in [0.3, 0.4) is 0 Å². The molecule has 0 amide bonds. The summed E-state index contributed by atoms with van der Waals surface area (Å²) in [5.74, 6) is 0. The van der Waals surface area contributed by atoms with Gasteiger partial charge < -0.3 is 14.7 Å². The Labute approximate surface area is 257 Å². The lowest BCUT2D eigenvalue weighted by atomic mass is 10.0. The van der Waals surface area contributed by atoms with Crippen molar-refractivity contribution in [3.05, 3.63) is 118 Å². The molecule has 2 aliphatic heterocycles. The summed E-state index contributed by atoms with van der Waals surface area (Å²) in [6.45, 7) is 2.61. The molecule has 5 heterocycles. The average Bonchev–Trinajstić information content (AvgIpc) is 3.89. The molecule has 8 nitrogen and oxygen atoms in total. The molecular formula is C37H26N4O4. The Hall–Kier alpha value is -6.15. The normalized spacial score (nSPS) is 11.8. The number of aldehydes is 2. The highest BCUT2D eigenvalue weighted by atomic mass is 16.5. The molecule has 8 bridgehead atoms. The molecule has 8 heteroatoms. The van der Waals surface area contributed by atoms with Gasteiger partial charge in [-0.1, -0.05) is 54.1 Å². The molecule has 0 saturated heterocycles. The summed E-state index contributed by atoms with van der Waals surface area (Å²) in [5, 5.41) is 0. The van der Waals surface area contributed by atoms with Gasteiger partial charge in [-0.05, 0) is 72.2 Å². The van der Waals surface area contributed by atoms with Gasteiger partial charge in [0.15, 0.2) is 12.6 Å². The van der Waals surface area contributed by atoms with E-state index in [0.717, 1.165) is 57.0 Å². The van der Waals surface area contributed by atoms with Gasteiger partial charge >= 0.3 is 0 Å². The predicted octanol–water partition coefficient (Wildman–Crippen LogP) is 7.60. The summed E-state index contributed by atoms with van der Waals surface area (Å²) in [4.78, 5) is 52.5. The Bertz CT molecular complexity index is 2210. The molecule has 5 aromatic rings. The van der Waals surface area contributed by atoms with Crippen molar-refractivity contribution in [2.24, 2.45) is 0 Å². The molecule has 0 saturated carbocycles. The number of aryl methyl sites for hydroxylation is 1. The molecule has 7 rings (SSSR count). The fourth-order valence-electron chi connectivity index (χ4n) is 5.72. The number of carbonyl (C=O) groups excluding carboxylic acids is 3. The molecule has 2 aliphatic rings. The van der Waals surface area contributed by atoms with Crippen LogP contribution in [0.1, 0.15) is 54.6 Å². The van der Waals surface area contributed by atoms with Gasteiger partial charge in [0.05, 0.1) is 44.9 Å². The number of H-pyrrole nitrogens is 2. The van der Waals surface area contributed by atoms with Crippen LogP contribution in [0.4, 0.5) is 0 Å². The number of aromatic nitrogens is 4. The van der Waals surface area contributed by atoms with Crippen LogP contribution in [-0.4, -0.2) is 39.0 Å². The maximum absolute atomic E-state index is 12.5. The first kappa shape index (κ1) is 27.7. The molecule has 0 atom stereocenters. The van der Waals surface area contributed by atoms with Gasteiger partial charge in [0, 0.05) is 22.2 Å². The van der Waals surface area contributed by atoms with Crippen molar-refractivity contribution in [1.29, 1.82) is 0 Å². The number of fused-ring (bicyclic) bond motifs is 8. The topological polar surface area (TPSA) is 118 Å². The van der Waals surface area contributed by atoms with E-state index in [0.29, 0.717) is 51.4 Å². The van der Waals surface area contributed by atoms with E-state index in [4.69, 9.17) is 14.7 Å². The fraction of sp³-hybridized carbons (Fsp3) is 0.0541. The molecule has 2 N–H and O–H groups in total. The van der Waals surface area contributed by atoms with Gasteiger partial charge in [0.25, 0.3) is 6.47 Å². The summed E-state index contributed by atoms with van der Waals surface area (Å²) >= 11 is 0. The minimum absolute atomic E-state index is 0.162. The Morgan fingerprint density at radius 1 is 0.578 bits per heavy atom. The summed E-state index contributed by atoms with van der Waals surface area (Å²) in [5.41, 5.74) is 11.3. The first-order chi connectivity index (χ1) is 22.1. The van der Waals surface area contributed by atoms with Gasteiger partial charge in [-0.15, -0.1) is 0 Å². The lowest BCUT2D eigenvalue weighted by molar-refractivity contribution is -0.129. The van der Waals surface area contributed by atoms with E-state index in [1.54, 1.807) is 0 Å². The smallest absolute Gasteiger partial charge is 0.293 e. The van der Waals surface area contributed by atoms with Crippen LogP contribution in [-0.2, 0) is 16.1 Å². The van der Waals surface area contributed by atoms with Gasteiger partial charge in [0.2, 0.25) is 0 Å². The second kappa shape index (κ2) is 11.5. The maximum atomic E-state index is 12.5. The number of nitrogens with one attached hydrogen (secondary N) is 2. The summed E-state index contributed by atoms with van der Waals surface area (Å²) in [7, 11) is 0. The third-order valence-corrected chi connectivity index (χ3v) is 7.97. The van der Waals surface area contributed by atoms with E-state index in [1.165, 1.54) is 0 Å². The van der Waals surface area contributed by atoms with E-state index < -0.39 is 0 Å². The van der Waals surface area contributed by atoms with Crippen molar-refractivity contribution >= 4 is 65.4 Å². The molecular weight excluding hydrogens is 564 g/mol. The second-order valence-electron chi connectivity index (χ2n) is 10.8. The zero-order valence-electron chi connectivity index (χ0n) is 24.2. The monoisotopic (exact) mass is 590 g/mol. The first-order valence-corrected chi connectivity index (χ1v) is 14.3. The van der Waals surface area contributed by atoms with Gasteiger partial charge in [-0.25, -0.2) is 9.97 Å². The average molecular weight is 591 g/mol. The molecule has 218 valence electrons. The van der Waals surface area contributed by atoms with Crippen molar-refractivity contribution in [3.63, 3.8) is 0 Å². The number of aromatic amines is 2. The summed E-state index contributed by atoms with van der Waals surface area (Å²) < 4.78 is 4.90. The SMILES string of the molecule is Cc1ccc(-c2c3nc(c(C=O)c4ccc([nH]4)c(-c4ccc(COC=O)cc4)c4nc(c(C=O)c5ccc2[nH]5)C=C4)C=C3)cc1. The van der Waals surface area contributed by atoms with Crippen LogP contribution < -0.4 is 0 Å². The van der Waals surface area contributed by atoms with Crippen LogP contribution in [0, 0.1) is 6.92 Å². The van der Waals surface area contributed by atoms with Crippen molar-refractivity contribution in [2.75, 3.05) is 0 Å². The zero-order chi connectivity index (χ0) is 30.9. The maximum Gasteiger partial charge on any atom is 0.293 e. The number of carbonyl (C=O) groups is 3. The summed E-state index contributed by atoms with van der Waals surface area (Å²) in [6, 6.07) is 23.3. The third-order valence-electron chi connectivity index (χ3n) is 7.97. The lowest BCUT2D eigenvalue weighted by Gasteiger charge is -2.06. The van der Waals surface area contributed by atoms with Crippen LogP contribution in [0.5, 0.6) is 0 Å². The van der Waals surface area contributed by atoms with Gasteiger partial charge in [-0.3, -0.25) is 14.4 Å². The highest BCUT2D eigenvalue weighted by Gasteiger charge is 2.17. The van der Waals surface area contributed by atoms with E-state index in [2.05, 4.69) is 9.97 Å². The molecule has 2 aromatic carbocycles. The molecule has 0 aliphatic carbocycles. The third kappa shape index (κ3) is 5.08. The zero-order valence-corrected chi connectivity index (χ0v) is 24.2. The van der Waals surface area contributed by atoms with Crippen LogP contribution >= 0.6 is 0 Å². The standard InChI is InChI=1S/C37H26N4O4/c1-22-2-6-24(7-3-22)36-32-14-10-28(38-32)26(18-42)30-12-16-34(40-30)37(25-8-4-23(5-9-25)20-45-21-44)35-17-13-31(41-35)27(19-43)29-11-15-33(36)39-29/h2-19,21,38,41H,20H2,1H3. The van der Waals surface area contributed by atoms with Crippen molar-refractivity contribution in [2.45, 2.75) is 13.5 Å². The number of benzene rings is 2. The first-order valence-electron chi connectivity index (χ1n) is 14.3. The van der Waals surface area contributed by atoms with Crippen molar-refractivity contribution in [1.82, 2.24) is 19.9 Å². The van der Waals surface area contributed by atoms with Crippen LogP contribution in [0.15, 0.2) is 72.8 Å². The molecule has 0 spiro atoms. The molecule has 0 radical (unpaired) electrons. The van der Waals surface area contributed by atoms with E-state index in [-0.39, 0.29) is 6.61 Å². The number of hydrogen-bond donors (Lipinski definition) is 2. The fourth-order valence-corrected chi connectivity index (χ4v) is 5.72. The molecule has 45 heavy (non-hydrogen) atoms. The molecule has 0 fully saturated rings.